The highest BCUT2D eigenvalue weighted by atomic mass is 35.5. The van der Waals surface area contributed by atoms with Crippen molar-refractivity contribution >= 4 is 35.4 Å². The summed E-state index contributed by atoms with van der Waals surface area (Å²) >= 11 is 0. The van der Waals surface area contributed by atoms with Crippen molar-refractivity contribution in [3.05, 3.63) is 53.1 Å². The molecule has 0 bridgehead atoms. The molecule has 4 nitrogen and oxygen atoms in total. The van der Waals surface area contributed by atoms with Gasteiger partial charge in [0, 0.05) is 23.6 Å². The highest BCUT2D eigenvalue weighted by Crippen LogP contribution is 2.32. The Hall–Kier alpha value is -2.20. The number of fused-ring (bicyclic) bond motifs is 1. The fraction of sp³-hybridized carbons (Fsp3) is 0.350. The molecule has 0 aliphatic carbocycles. The minimum Gasteiger partial charge on any atom is -0.398 e. The van der Waals surface area contributed by atoms with E-state index in [2.05, 4.69) is 30.1 Å². The van der Waals surface area contributed by atoms with Crippen molar-refractivity contribution in [2.24, 2.45) is 0 Å². The normalized spacial score (nSPS) is 14.3. The van der Waals surface area contributed by atoms with Crippen LogP contribution in [-0.4, -0.2) is 18.5 Å². The van der Waals surface area contributed by atoms with Gasteiger partial charge in [-0.05, 0) is 74.6 Å². The fourth-order valence-electron chi connectivity index (χ4n) is 3.29. The Labute approximate surface area is 155 Å². The standard InChI is InChI=1S/C20H25N3O.ClH/c1-13-9-10-16(12-14(13)2)22-20(24)15(3)23-11-5-6-17-18(21)7-4-8-19(17)23;/h4,7-10,12,15H,5-6,11,21H2,1-3H3,(H,22,24);1H. The number of benzene rings is 2. The van der Waals surface area contributed by atoms with E-state index in [1.165, 1.54) is 11.1 Å². The van der Waals surface area contributed by atoms with Crippen LogP contribution in [0, 0.1) is 13.8 Å². The number of nitrogen functional groups attached to an aromatic ring is 1. The predicted molar refractivity (Wildman–Crippen MR) is 108 cm³/mol. The largest absolute Gasteiger partial charge is 0.398 e. The maximum atomic E-state index is 12.7. The quantitative estimate of drug-likeness (QED) is 0.811. The van der Waals surface area contributed by atoms with E-state index in [9.17, 15) is 4.79 Å². The molecule has 3 rings (SSSR count). The summed E-state index contributed by atoms with van der Waals surface area (Å²) in [5.74, 6) is 0.00790. The number of carbonyl (C=O) groups excluding carboxylic acids is 1. The van der Waals surface area contributed by atoms with Crippen LogP contribution in [0.15, 0.2) is 36.4 Å². The smallest absolute Gasteiger partial charge is 0.246 e. The molecule has 0 saturated carbocycles. The summed E-state index contributed by atoms with van der Waals surface area (Å²) in [6.45, 7) is 6.95. The van der Waals surface area contributed by atoms with Crippen LogP contribution < -0.4 is 16.0 Å². The van der Waals surface area contributed by atoms with Gasteiger partial charge in [-0.15, -0.1) is 12.4 Å². The van der Waals surface area contributed by atoms with Crippen LogP contribution in [0.3, 0.4) is 0 Å². The molecule has 0 radical (unpaired) electrons. The monoisotopic (exact) mass is 359 g/mol. The van der Waals surface area contributed by atoms with E-state index in [-0.39, 0.29) is 24.4 Å². The Bertz CT molecular complexity index is 776. The van der Waals surface area contributed by atoms with E-state index in [1.54, 1.807) is 0 Å². The number of nitrogens with two attached hydrogens (primary N) is 1. The van der Waals surface area contributed by atoms with Crippen LogP contribution >= 0.6 is 12.4 Å². The number of hydrogen-bond acceptors (Lipinski definition) is 3. The number of amides is 1. The van der Waals surface area contributed by atoms with Gasteiger partial charge >= 0.3 is 0 Å². The molecule has 1 atom stereocenters. The summed E-state index contributed by atoms with van der Waals surface area (Å²) in [7, 11) is 0. The third kappa shape index (κ3) is 3.90. The molecule has 1 unspecified atom stereocenters. The van der Waals surface area contributed by atoms with Crippen molar-refractivity contribution < 1.29 is 4.79 Å². The lowest BCUT2D eigenvalue weighted by molar-refractivity contribution is -0.117. The Balaban J connectivity index is 0.00000225. The number of carbonyl (C=O) groups is 1. The van der Waals surface area contributed by atoms with Gasteiger partial charge in [-0.1, -0.05) is 12.1 Å². The number of hydrogen-bond donors (Lipinski definition) is 2. The minimum absolute atomic E-state index is 0. The predicted octanol–water partition coefficient (Wildman–Crippen LogP) is 4.09. The van der Waals surface area contributed by atoms with Gasteiger partial charge in [0.15, 0.2) is 0 Å². The molecule has 3 N–H and O–H groups in total. The highest BCUT2D eigenvalue weighted by Gasteiger charge is 2.26. The zero-order chi connectivity index (χ0) is 17.3. The minimum atomic E-state index is -0.243. The van der Waals surface area contributed by atoms with Gasteiger partial charge < -0.3 is 16.0 Å². The molecule has 1 heterocycles. The van der Waals surface area contributed by atoms with E-state index < -0.39 is 0 Å². The SMILES string of the molecule is Cc1ccc(NC(=O)C(C)N2CCCc3c(N)cccc32)cc1C.Cl. The Morgan fingerprint density at radius 2 is 1.96 bits per heavy atom. The van der Waals surface area contributed by atoms with Gasteiger partial charge in [0.2, 0.25) is 5.91 Å². The van der Waals surface area contributed by atoms with Gasteiger partial charge in [0.25, 0.3) is 0 Å². The molecule has 5 heteroatoms. The molecule has 1 aliphatic rings. The van der Waals surface area contributed by atoms with Crippen LogP contribution in [0.25, 0.3) is 0 Å². The molecule has 0 spiro atoms. The van der Waals surface area contributed by atoms with Crippen LogP contribution in [0.5, 0.6) is 0 Å². The Morgan fingerprint density at radius 3 is 2.68 bits per heavy atom. The van der Waals surface area contributed by atoms with Crippen molar-refractivity contribution in [1.82, 2.24) is 0 Å². The molecule has 0 fully saturated rings. The fourth-order valence-corrected chi connectivity index (χ4v) is 3.29. The molecule has 134 valence electrons. The first-order valence-corrected chi connectivity index (χ1v) is 8.49. The number of aryl methyl sites for hydroxylation is 2. The van der Waals surface area contributed by atoms with Gasteiger partial charge in [-0.25, -0.2) is 0 Å². The summed E-state index contributed by atoms with van der Waals surface area (Å²) in [5.41, 5.74) is 12.4. The summed E-state index contributed by atoms with van der Waals surface area (Å²) in [6.07, 6.45) is 1.99. The van der Waals surface area contributed by atoms with Crippen LogP contribution in [0.2, 0.25) is 0 Å². The number of rotatable bonds is 3. The number of nitrogens with zero attached hydrogens (tertiary/aromatic N) is 1. The van der Waals surface area contributed by atoms with Gasteiger partial charge in [-0.2, -0.15) is 0 Å². The lowest BCUT2D eigenvalue weighted by atomic mass is 9.98. The molecular formula is C20H26ClN3O. The third-order valence-electron chi connectivity index (χ3n) is 4.94. The van der Waals surface area contributed by atoms with E-state index in [4.69, 9.17) is 5.73 Å². The summed E-state index contributed by atoms with van der Waals surface area (Å²) in [6, 6.07) is 11.7. The highest BCUT2D eigenvalue weighted by molar-refractivity contribution is 5.97. The second-order valence-corrected chi connectivity index (χ2v) is 6.61. The van der Waals surface area contributed by atoms with Gasteiger partial charge in [0.1, 0.15) is 6.04 Å². The average molecular weight is 360 g/mol. The van der Waals surface area contributed by atoms with Crippen molar-refractivity contribution in [1.29, 1.82) is 0 Å². The Kier molecular flexibility index (Phi) is 5.96. The van der Waals surface area contributed by atoms with Crippen LogP contribution in [0.4, 0.5) is 17.1 Å². The van der Waals surface area contributed by atoms with Gasteiger partial charge in [0.05, 0.1) is 0 Å². The molecule has 25 heavy (non-hydrogen) atoms. The summed E-state index contributed by atoms with van der Waals surface area (Å²) < 4.78 is 0. The van der Waals surface area contributed by atoms with Crippen molar-refractivity contribution in [3.63, 3.8) is 0 Å². The maximum absolute atomic E-state index is 12.7. The molecule has 1 aliphatic heterocycles. The molecule has 0 aromatic heterocycles. The second kappa shape index (κ2) is 7.79. The summed E-state index contributed by atoms with van der Waals surface area (Å²) in [4.78, 5) is 14.9. The first-order valence-electron chi connectivity index (χ1n) is 8.49. The van der Waals surface area contributed by atoms with Crippen molar-refractivity contribution in [3.8, 4) is 0 Å². The van der Waals surface area contributed by atoms with Crippen LogP contribution in [-0.2, 0) is 11.2 Å². The zero-order valence-electron chi connectivity index (χ0n) is 15.0. The lowest BCUT2D eigenvalue weighted by Gasteiger charge is -2.36. The molecule has 2 aromatic rings. The lowest BCUT2D eigenvalue weighted by Crippen LogP contribution is -2.44. The Morgan fingerprint density at radius 1 is 1.20 bits per heavy atom. The summed E-state index contributed by atoms with van der Waals surface area (Å²) in [5, 5.41) is 3.04. The number of halogens is 1. The zero-order valence-corrected chi connectivity index (χ0v) is 15.8. The van der Waals surface area contributed by atoms with E-state index in [0.717, 1.165) is 42.0 Å². The maximum Gasteiger partial charge on any atom is 0.246 e. The van der Waals surface area contributed by atoms with E-state index in [0.29, 0.717) is 0 Å². The van der Waals surface area contributed by atoms with E-state index in [1.807, 2.05) is 37.3 Å². The first kappa shape index (κ1) is 19.1. The topological polar surface area (TPSA) is 58.4 Å². The van der Waals surface area contributed by atoms with Crippen LogP contribution in [0.1, 0.15) is 30.0 Å². The molecule has 2 aromatic carbocycles. The average Bonchev–Trinajstić information content (AvgIpc) is 2.57. The second-order valence-electron chi connectivity index (χ2n) is 6.61. The van der Waals surface area contributed by atoms with Crippen molar-refractivity contribution in [2.45, 2.75) is 39.7 Å². The molecule has 1 amide bonds. The first-order chi connectivity index (χ1) is 11.5. The molecular weight excluding hydrogens is 334 g/mol. The van der Waals surface area contributed by atoms with E-state index >= 15 is 0 Å². The molecule has 0 saturated heterocycles. The van der Waals surface area contributed by atoms with Crippen molar-refractivity contribution in [2.75, 3.05) is 22.5 Å². The number of nitrogens with one attached hydrogen (secondary N) is 1. The number of anilines is 3. The third-order valence-corrected chi connectivity index (χ3v) is 4.94. The van der Waals surface area contributed by atoms with Gasteiger partial charge in [-0.3, -0.25) is 4.79 Å².